The molecule has 0 aliphatic heterocycles. The molecule has 25 heavy (non-hydrogen) atoms. The summed E-state index contributed by atoms with van der Waals surface area (Å²) in [6.45, 7) is 6.76. The number of hydrogen-bond acceptors (Lipinski definition) is 7. The first-order chi connectivity index (χ1) is 11.7. The molecule has 1 heterocycles. The number of pyridine rings is 1. The largest absolute Gasteiger partial charge is 0.506 e. The highest BCUT2D eigenvalue weighted by Gasteiger charge is 2.21. The molecule has 0 bridgehead atoms. The highest BCUT2D eigenvalue weighted by Crippen LogP contribution is 2.25. The molecule has 0 spiro atoms. The molecule has 1 amide bonds. The number of aryl methyl sites for hydroxylation is 1. The summed E-state index contributed by atoms with van der Waals surface area (Å²) in [7, 11) is 0. The fourth-order valence-electron chi connectivity index (χ4n) is 2.40. The minimum absolute atomic E-state index is 0.0466. The zero-order valence-electron chi connectivity index (χ0n) is 15.2. The minimum Gasteiger partial charge on any atom is -0.506 e. The number of aromatic hydroxyl groups is 1. The van der Waals surface area contributed by atoms with E-state index in [4.69, 9.17) is 9.99 Å². The van der Waals surface area contributed by atoms with E-state index < -0.39 is 11.7 Å². The molecule has 0 aliphatic carbocycles. The highest BCUT2D eigenvalue weighted by molar-refractivity contribution is 5.68. The summed E-state index contributed by atoms with van der Waals surface area (Å²) in [5.74, 6) is -0.0466. The summed E-state index contributed by atoms with van der Waals surface area (Å²) in [5, 5.41) is 30.8. The lowest BCUT2D eigenvalue weighted by Crippen LogP contribution is -2.40. The van der Waals surface area contributed by atoms with E-state index in [1.165, 1.54) is 0 Å². The number of alkyl carbamates (subject to hydrolysis) is 1. The van der Waals surface area contributed by atoms with Gasteiger partial charge in [0.15, 0.2) is 0 Å². The minimum atomic E-state index is -0.622. The van der Waals surface area contributed by atoms with Crippen LogP contribution in [0.25, 0.3) is 0 Å². The van der Waals surface area contributed by atoms with E-state index in [1.54, 1.807) is 33.9 Å². The monoisotopic (exact) mass is 356 g/mol. The molecule has 0 aromatic carbocycles. The van der Waals surface area contributed by atoms with Crippen LogP contribution in [0.2, 0.25) is 0 Å². The van der Waals surface area contributed by atoms with Crippen molar-refractivity contribution in [1.82, 2.24) is 10.3 Å². The first-order valence-corrected chi connectivity index (χ1v) is 8.21. The molecule has 0 fully saturated rings. The number of ether oxygens (including phenoxy) is 1. The number of carbonyl (C=O) groups excluding carboxylic acids is 1. The van der Waals surface area contributed by atoms with E-state index >= 15 is 0 Å². The Labute approximate surface area is 147 Å². The van der Waals surface area contributed by atoms with Crippen LogP contribution in [0.4, 0.5) is 4.79 Å². The smallest absolute Gasteiger partial charge is 0.407 e. The lowest BCUT2D eigenvalue weighted by atomic mass is 9.98. The SMILES string of the molecule is Cc1ncc(CC(CCCOO)NC(=O)OC(C)(C)C)c(CO)c1O. The van der Waals surface area contributed by atoms with E-state index in [-0.39, 0.29) is 25.0 Å². The maximum absolute atomic E-state index is 12.0. The Morgan fingerprint density at radius 2 is 2.08 bits per heavy atom. The topological polar surface area (TPSA) is 121 Å². The lowest BCUT2D eigenvalue weighted by Gasteiger charge is -2.24. The zero-order chi connectivity index (χ0) is 19.0. The Bertz CT molecular complexity index is 571. The van der Waals surface area contributed by atoms with Gasteiger partial charge in [0.1, 0.15) is 11.4 Å². The van der Waals surface area contributed by atoms with Gasteiger partial charge < -0.3 is 20.3 Å². The van der Waals surface area contributed by atoms with E-state index in [9.17, 15) is 15.0 Å². The Morgan fingerprint density at radius 3 is 2.64 bits per heavy atom. The lowest BCUT2D eigenvalue weighted by molar-refractivity contribution is -0.242. The van der Waals surface area contributed by atoms with E-state index in [1.807, 2.05) is 0 Å². The predicted octanol–water partition coefficient (Wildman–Crippen LogP) is 2.29. The summed E-state index contributed by atoms with van der Waals surface area (Å²) in [4.78, 5) is 20.2. The third-order valence-electron chi connectivity index (χ3n) is 3.56. The predicted molar refractivity (Wildman–Crippen MR) is 91.2 cm³/mol. The average molecular weight is 356 g/mol. The van der Waals surface area contributed by atoms with Gasteiger partial charge in [0.05, 0.1) is 18.9 Å². The first kappa shape index (κ1) is 21.1. The van der Waals surface area contributed by atoms with Crippen LogP contribution in [-0.4, -0.2) is 44.8 Å². The van der Waals surface area contributed by atoms with Crippen molar-refractivity contribution in [1.29, 1.82) is 0 Å². The Morgan fingerprint density at radius 1 is 1.40 bits per heavy atom. The maximum atomic E-state index is 12.0. The summed E-state index contributed by atoms with van der Waals surface area (Å²) in [5.41, 5.74) is 0.833. The summed E-state index contributed by atoms with van der Waals surface area (Å²) < 4.78 is 5.27. The van der Waals surface area contributed by atoms with Crippen LogP contribution in [0.3, 0.4) is 0 Å². The molecule has 1 unspecified atom stereocenters. The number of nitrogens with one attached hydrogen (secondary N) is 1. The maximum Gasteiger partial charge on any atom is 0.407 e. The fourth-order valence-corrected chi connectivity index (χ4v) is 2.40. The Kier molecular flexibility index (Phi) is 8.08. The van der Waals surface area contributed by atoms with Crippen LogP contribution in [0, 0.1) is 6.92 Å². The van der Waals surface area contributed by atoms with E-state index in [2.05, 4.69) is 15.2 Å². The molecule has 1 aromatic heterocycles. The van der Waals surface area contributed by atoms with Crippen LogP contribution in [0.15, 0.2) is 6.20 Å². The molecule has 0 saturated heterocycles. The molecular formula is C17H28N2O6. The number of hydrogen-bond donors (Lipinski definition) is 4. The third kappa shape index (κ3) is 7.25. The number of carbonyl (C=O) groups is 1. The van der Waals surface area contributed by atoms with Gasteiger partial charge in [0.25, 0.3) is 0 Å². The number of nitrogens with zero attached hydrogens (tertiary/aromatic N) is 1. The second-order valence-corrected chi connectivity index (χ2v) is 6.88. The second kappa shape index (κ2) is 9.55. The van der Waals surface area contributed by atoms with Crippen molar-refractivity contribution in [2.45, 2.75) is 65.2 Å². The molecule has 4 N–H and O–H groups in total. The van der Waals surface area contributed by atoms with Crippen molar-refractivity contribution in [2.75, 3.05) is 6.61 Å². The van der Waals surface area contributed by atoms with Crippen molar-refractivity contribution >= 4 is 6.09 Å². The normalized spacial score (nSPS) is 12.7. The van der Waals surface area contributed by atoms with Crippen LogP contribution in [0.5, 0.6) is 5.75 Å². The Hall–Kier alpha value is -1.90. The van der Waals surface area contributed by atoms with E-state index in [0.29, 0.717) is 36.1 Å². The molecule has 8 nitrogen and oxygen atoms in total. The van der Waals surface area contributed by atoms with Gasteiger partial charge in [-0.1, -0.05) is 0 Å². The molecule has 1 aromatic rings. The number of aliphatic hydroxyl groups is 1. The fraction of sp³-hybridized carbons (Fsp3) is 0.647. The van der Waals surface area contributed by atoms with Crippen LogP contribution < -0.4 is 5.32 Å². The number of aromatic nitrogens is 1. The molecule has 0 radical (unpaired) electrons. The standard InChI is InChI=1S/C17H28N2O6/c1-11-15(21)14(10-20)12(9-18-11)8-13(6-5-7-24-23)19-16(22)25-17(2,3)4/h9,13,20-21,23H,5-8,10H2,1-4H3,(H,19,22). The summed E-state index contributed by atoms with van der Waals surface area (Å²) >= 11 is 0. The highest BCUT2D eigenvalue weighted by atomic mass is 17.1. The van der Waals surface area contributed by atoms with Gasteiger partial charge in [0.2, 0.25) is 0 Å². The van der Waals surface area contributed by atoms with Crippen molar-refractivity contribution in [2.24, 2.45) is 0 Å². The molecular weight excluding hydrogens is 328 g/mol. The van der Waals surface area contributed by atoms with Gasteiger partial charge in [0, 0.05) is 17.8 Å². The quantitative estimate of drug-likeness (QED) is 0.320. The number of amides is 1. The third-order valence-corrected chi connectivity index (χ3v) is 3.56. The summed E-state index contributed by atoms with van der Waals surface area (Å²) in [6, 6.07) is -0.334. The molecule has 0 aliphatic rings. The van der Waals surface area contributed by atoms with Gasteiger partial charge in [-0.05, 0) is 52.5 Å². The van der Waals surface area contributed by atoms with Crippen LogP contribution in [-0.2, 0) is 22.7 Å². The van der Waals surface area contributed by atoms with Crippen molar-refractivity contribution in [3.05, 3.63) is 23.0 Å². The molecule has 1 rings (SSSR count). The Balaban J connectivity index is 2.90. The summed E-state index contributed by atoms with van der Waals surface area (Å²) in [6.07, 6.45) is 2.39. The van der Waals surface area contributed by atoms with Gasteiger partial charge >= 0.3 is 6.09 Å². The van der Waals surface area contributed by atoms with Gasteiger partial charge in [-0.25, -0.2) is 9.68 Å². The zero-order valence-corrected chi connectivity index (χ0v) is 15.2. The average Bonchev–Trinajstić information content (AvgIpc) is 2.49. The van der Waals surface area contributed by atoms with Crippen molar-refractivity contribution < 1.29 is 29.9 Å². The molecule has 142 valence electrons. The number of aliphatic hydroxyl groups excluding tert-OH is 1. The van der Waals surface area contributed by atoms with Gasteiger partial charge in [-0.15, -0.1) is 0 Å². The number of rotatable bonds is 8. The van der Waals surface area contributed by atoms with Crippen molar-refractivity contribution in [3.8, 4) is 5.75 Å². The van der Waals surface area contributed by atoms with E-state index in [0.717, 1.165) is 0 Å². The molecule has 0 saturated carbocycles. The van der Waals surface area contributed by atoms with Crippen LogP contribution >= 0.6 is 0 Å². The second-order valence-electron chi connectivity index (χ2n) is 6.88. The van der Waals surface area contributed by atoms with Gasteiger partial charge in [-0.2, -0.15) is 0 Å². The van der Waals surface area contributed by atoms with Crippen molar-refractivity contribution in [3.63, 3.8) is 0 Å². The molecule has 1 atom stereocenters. The first-order valence-electron chi connectivity index (χ1n) is 8.21. The van der Waals surface area contributed by atoms with Crippen LogP contribution in [0.1, 0.15) is 50.4 Å². The van der Waals surface area contributed by atoms with Gasteiger partial charge in [-0.3, -0.25) is 10.2 Å². The molecule has 8 heteroatoms.